The first-order valence-electron chi connectivity index (χ1n) is 7.11. The summed E-state index contributed by atoms with van der Waals surface area (Å²) in [4.78, 5) is 27.1. The van der Waals surface area contributed by atoms with Gasteiger partial charge < -0.3 is 10.5 Å². The van der Waals surface area contributed by atoms with Crippen LogP contribution in [0.4, 0.5) is 11.5 Å². The van der Waals surface area contributed by atoms with Gasteiger partial charge in [0.25, 0.3) is 0 Å². The number of rotatable bonds is 4. The van der Waals surface area contributed by atoms with Gasteiger partial charge in [-0.05, 0) is 11.6 Å². The van der Waals surface area contributed by atoms with Crippen LogP contribution in [0.15, 0.2) is 54.6 Å². The molecule has 2 N–H and O–H groups in total. The van der Waals surface area contributed by atoms with E-state index in [-0.39, 0.29) is 18.0 Å². The highest BCUT2D eigenvalue weighted by Gasteiger charge is 2.29. The van der Waals surface area contributed by atoms with E-state index in [2.05, 4.69) is 4.98 Å². The fraction of sp³-hybridized carbons (Fsp3) is 0.0588. The van der Waals surface area contributed by atoms with Crippen molar-refractivity contribution in [3.8, 4) is 0 Å². The normalized spacial score (nSPS) is 10.5. The second-order valence-electron chi connectivity index (χ2n) is 5.06. The number of nitrogen functional groups attached to an aromatic ring is 1. The summed E-state index contributed by atoms with van der Waals surface area (Å²) < 4.78 is 5.24. The zero-order valence-corrected chi connectivity index (χ0v) is 12.5. The lowest BCUT2D eigenvalue weighted by Gasteiger charge is -2.09. The van der Waals surface area contributed by atoms with Gasteiger partial charge >= 0.3 is 11.7 Å². The van der Waals surface area contributed by atoms with E-state index in [4.69, 9.17) is 10.5 Å². The molecular formula is C17H13N3O4. The minimum atomic E-state index is -0.809. The van der Waals surface area contributed by atoms with Gasteiger partial charge in [0.1, 0.15) is 6.61 Å². The van der Waals surface area contributed by atoms with Gasteiger partial charge in [0.05, 0.1) is 10.4 Å². The number of esters is 1. The van der Waals surface area contributed by atoms with Crippen LogP contribution in [0.25, 0.3) is 10.9 Å². The molecule has 0 bridgehead atoms. The maximum atomic E-state index is 12.5. The largest absolute Gasteiger partial charge is 0.457 e. The van der Waals surface area contributed by atoms with Gasteiger partial charge in [0.2, 0.25) is 5.82 Å². The summed E-state index contributed by atoms with van der Waals surface area (Å²) in [5.41, 5.74) is 6.13. The fourth-order valence-electron chi connectivity index (χ4n) is 2.41. The van der Waals surface area contributed by atoms with Gasteiger partial charge in [-0.15, -0.1) is 0 Å². The van der Waals surface area contributed by atoms with Crippen molar-refractivity contribution in [2.45, 2.75) is 6.61 Å². The SMILES string of the molecule is Nc1nc2ccccc2c(C(=O)OCc2ccccc2)c1[N+](=O)[O-]. The quantitative estimate of drug-likeness (QED) is 0.449. The van der Waals surface area contributed by atoms with Crippen molar-refractivity contribution in [3.05, 3.63) is 75.8 Å². The summed E-state index contributed by atoms with van der Waals surface area (Å²) in [5.74, 6) is -1.12. The van der Waals surface area contributed by atoms with Crippen LogP contribution in [0, 0.1) is 10.1 Å². The molecule has 120 valence electrons. The van der Waals surface area contributed by atoms with Crippen molar-refractivity contribution in [2.24, 2.45) is 0 Å². The molecule has 0 saturated heterocycles. The van der Waals surface area contributed by atoms with Crippen molar-refractivity contribution >= 4 is 28.4 Å². The van der Waals surface area contributed by atoms with E-state index in [0.717, 1.165) is 5.56 Å². The molecule has 7 heteroatoms. The van der Waals surface area contributed by atoms with Gasteiger partial charge in [-0.25, -0.2) is 9.78 Å². The van der Waals surface area contributed by atoms with E-state index >= 15 is 0 Å². The number of nitrogens with two attached hydrogens (primary N) is 1. The Labute approximate surface area is 136 Å². The van der Waals surface area contributed by atoms with Crippen molar-refractivity contribution in [2.75, 3.05) is 5.73 Å². The molecule has 0 fully saturated rings. The lowest BCUT2D eigenvalue weighted by Crippen LogP contribution is -2.12. The number of benzene rings is 2. The van der Waals surface area contributed by atoms with E-state index < -0.39 is 16.6 Å². The van der Waals surface area contributed by atoms with Crippen LogP contribution in [0.2, 0.25) is 0 Å². The van der Waals surface area contributed by atoms with Gasteiger partial charge in [-0.3, -0.25) is 10.1 Å². The summed E-state index contributed by atoms with van der Waals surface area (Å²) in [7, 11) is 0. The van der Waals surface area contributed by atoms with Gasteiger partial charge in [0.15, 0.2) is 5.56 Å². The molecule has 0 aliphatic rings. The number of ether oxygens (including phenoxy) is 1. The van der Waals surface area contributed by atoms with Crippen LogP contribution in [0.5, 0.6) is 0 Å². The third-order valence-electron chi connectivity index (χ3n) is 3.49. The second kappa shape index (κ2) is 6.33. The minimum absolute atomic E-state index is 0.00732. The smallest absolute Gasteiger partial charge is 0.346 e. The summed E-state index contributed by atoms with van der Waals surface area (Å²) in [6.07, 6.45) is 0. The molecule has 0 radical (unpaired) electrons. The van der Waals surface area contributed by atoms with Gasteiger partial charge in [0, 0.05) is 5.39 Å². The number of carbonyl (C=O) groups excluding carboxylic acids is 1. The number of para-hydroxylation sites is 1. The van der Waals surface area contributed by atoms with Crippen LogP contribution >= 0.6 is 0 Å². The third kappa shape index (κ3) is 2.87. The molecule has 0 unspecified atom stereocenters. The predicted molar refractivity (Wildman–Crippen MR) is 88.4 cm³/mol. The lowest BCUT2D eigenvalue weighted by atomic mass is 10.1. The Bertz CT molecular complexity index is 926. The maximum Gasteiger partial charge on any atom is 0.346 e. The van der Waals surface area contributed by atoms with E-state index in [1.807, 2.05) is 18.2 Å². The molecule has 2 aromatic carbocycles. The first kappa shape index (κ1) is 15.4. The molecule has 3 rings (SSSR count). The Kier molecular flexibility index (Phi) is 4.07. The Hall–Kier alpha value is -3.48. The molecule has 7 nitrogen and oxygen atoms in total. The minimum Gasteiger partial charge on any atom is -0.457 e. The van der Waals surface area contributed by atoms with Gasteiger partial charge in [-0.1, -0.05) is 48.5 Å². The molecule has 0 aliphatic heterocycles. The number of fused-ring (bicyclic) bond motifs is 1. The summed E-state index contributed by atoms with van der Waals surface area (Å²) in [6.45, 7) is 0.00732. The highest BCUT2D eigenvalue weighted by Crippen LogP contribution is 2.32. The molecule has 0 aliphatic carbocycles. The number of anilines is 1. The fourth-order valence-corrected chi connectivity index (χ4v) is 2.41. The highest BCUT2D eigenvalue weighted by molar-refractivity contribution is 6.08. The number of hydrogen-bond acceptors (Lipinski definition) is 6. The topological polar surface area (TPSA) is 108 Å². The Morgan fingerprint density at radius 1 is 1.12 bits per heavy atom. The summed E-state index contributed by atoms with van der Waals surface area (Å²) in [6, 6.07) is 15.6. The molecular weight excluding hydrogens is 310 g/mol. The molecule has 0 atom stereocenters. The van der Waals surface area contributed by atoms with Crippen LogP contribution in [0.1, 0.15) is 15.9 Å². The zero-order valence-electron chi connectivity index (χ0n) is 12.5. The monoisotopic (exact) mass is 323 g/mol. The van der Waals surface area contributed by atoms with Crippen molar-refractivity contribution in [1.29, 1.82) is 0 Å². The number of nitro groups is 1. The number of carbonyl (C=O) groups is 1. The lowest BCUT2D eigenvalue weighted by molar-refractivity contribution is -0.384. The standard InChI is InChI=1S/C17H13N3O4/c18-16-15(20(22)23)14(12-8-4-5-9-13(12)19-16)17(21)24-10-11-6-2-1-3-7-11/h1-9H,10H2,(H2,18,19). The Morgan fingerprint density at radius 3 is 2.50 bits per heavy atom. The average molecular weight is 323 g/mol. The van der Waals surface area contributed by atoms with E-state index in [1.54, 1.807) is 36.4 Å². The van der Waals surface area contributed by atoms with Crippen LogP contribution in [0.3, 0.4) is 0 Å². The van der Waals surface area contributed by atoms with Gasteiger partial charge in [-0.2, -0.15) is 0 Å². The molecule has 24 heavy (non-hydrogen) atoms. The Balaban J connectivity index is 2.04. The molecule has 1 heterocycles. The van der Waals surface area contributed by atoms with Crippen LogP contribution < -0.4 is 5.73 Å². The number of nitrogens with zero attached hydrogens (tertiary/aromatic N) is 2. The van der Waals surface area contributed by atoms with Crippen molar-refractivity contribution in [1.82, 2.24) is 4.98 Å². The van der Waals surface area contributed by atoms with Crippen molar-refractivity contribution < 1.29 is 14.5 Å². The van der Waals surface area contributed by atoms with Crippen LogP contribution in [-0.4, -0.2) is 15.9 Å². The third-order valence-corrected chi connectivity index (χ3v) is 3.49. The number of aromatic nitrogens is 1. The first-order chi connectivity index (χ1) is 11.6. The molecule has 1 aromatic heterocycles. The van der Waals surface area contributed by atoms with Crippen molar-refractivity contribution in [3.63, 3.8) is 0 Å². The van der Waals surface area contributed by atoms with E-state index in [1.165, 1.54) is 0 Å². The number of hydrogen-bond donors (Lipinski definition) is 1. The number of pyridine rings is 1. The van der Waals surface area contributed by atoms with E-state index in [0.29, 0.717) is 10.9 Å². The average Bonchev–Trinajstić information content (AvgIpc) is 2.59. The summed E-state index contributed by atoms with van der Waals surface area (Å²) in [5, 5.41) is 11.7. The van der Waals surface area contributed by atoms with Crippen LogP contribution in [-0.2, 0) is 11.3 Å². The molecule has 0 amide bonds. The van der Waals surface area contributed by atoms with E-state index in [9.17, 15) is 14.9 Å². The Morgan fingerprint density at radius 2 is 1.79 bits per heavy atom. The highest BCUT2D eigenvalue weighted by atomic mass is 16.6. The molecule has 0 saturated carbocycles. The zero-order chi connectivity index (χ0) is 17.1. The second-order valence-corrected chi connectivity index (χ2v) is 5.06. The molecule has 0 spiro atoms. The first-order valence-corrected chi connectivity index (χ1v) is 7.11. The summed E-state index contributed by atoms with van der Waals surface area (Å²) >= 11 is 0. The maximum absolute atomic E-state index is 12.5. The predicted octanol–water partition coefficient (Wildman–Crippen LogP) is 3.08. The molecule has 3 aromatic rings.